The van der Waals surface area contributed by atoms with Gasteiger partial charge in [0.1, 0.15) is 5.00 Å². The Bertz CT molecular complexity index is 655. The summed E-state index contributed by atoms with van der Waals surface area (Å²) < 4.78 is 0. The second-order valence-corrected chi connectivity index (χ2v) is 5.28. The lowest BCUT2D eigenvalue weighted by Crippen LogP contribution is -2.16. The summed E-state index contributed by atoms with van der Waals surface area (Å²) in [6.45, 7) is 0. The van der Waals surface area contributed by atoms with E-state index in [1.165, 1.54) is 11.3 Å². The van der Waals surface area contributed by atoms with Crippen LogP contribution >= 0.6 is 34.5 Å². The molecule has 19 heavy (non-hydrogen) atoms. The molecule has 7 heteroatoms. The van der Waals surface area contributed by atoms with Crippen molar-refractivity contribution >= 4 is 51.4 Å². The first-order valence-electron chi connectivity index (χ1n) is 5.13. The average molecular weight is 315 g/mol. The number of thiophene rings is 1. The van der Waals surface area contributed by atoms with Gasteiger partial charge >= 0.3 is 0 Å². The Kier molecular flexibility index (Phi) is 4.09. The smallest absolute Gasteiger partial charge is 0.257 e. The van der Waals surface area contributed by atoms with Gasteiger partial charge in [0, 0.05) is 0 Å². The van der Waals surface area contributed by atoms with E-state index >= 15 is 0 Å². The minimum Gasteiger partial charge on any atom is -0.366 e. The van der Waals surface area contributed by atoms with E-state index in [0.29, 0.717) is 5.00 Å². The topological polar surface area (TPSA) is 72.2 Å². The molecule has 1 aromatic carbocycles. The Morgan fingerprint density at radius 1 is 1.16 bits per heavy atom. The van der Waals surface area contributed by atoms with Crippen molar-refractivity contribution in [2.45, 2.75) is 0 Å². The van der Waals surface area contributed by atoms with E-state index in [9.17, 15) is 9.59 Å². The molecule has 2 rings (SSSR count). The van der Waals surface area contributed by atoms with Gasteiger partial charge in [0.2, 0.25) is 0 Å². The molecule has 0 bridgehead atoms. The molecule has 0 radical (unpaired) electrons. The predicted molar refractivity (Wildman–Crippen MR) is 77.3 cm³/mol. The molecule has 0 saturated carbocycles. The molecule has 0 atom stereocenters. The molecule has 0 aliphatic heterocycles. The van der Waals surface area contributed by atoms with Crippen molar-refractivity contribution in [2.24, 2.45) is 5.73 Å². The Morgan fingerprint density at radius 3 is 2.58 bits per heavy atom. The van der Waals surface area contributed by atoms with Gasteiger partial charge in [-0.2, -0.15) is 0 Å². The van der Waals surface area contributed by atoms with E-state index in [0.717, 1.165) is 0 Å². The van der Waals surface area contributed by atoms with E-state index in [1.54, 1.807) is 29.6 Å². The zero-order valence-electron chi connectivity index (χ0n) is 9.44. The lowest BCUT2D eigenvalue weighted by molar-refractivity contribution is 0.100. The number of anilines is 1. The lowest BCUT2D eigenvalue weighted by Gasteiger charge is -2.07. The highest BCUT2D eigenvalue weighted by atomic mass is 35.5. The molecule has 1 heterocycles. The molecule has 3 N–H and O–H groups in total. The van der Waals surface area contributed by atoms with Crippen LogP contribution < -0.4 is 11.1 Å². The number of primary amides is 1. The second-order valence-electron chi connectivity index (χ2n) is 3.58. The van der Waals surface area contributed by atoms with Crippen LogP contribution in [-0.2, 0) is 0 Å². The van der Waals surface area contributed by atoms with Crippen LogP contribution in [0.3, 0.4) is 0 Å². The zero-order valence-corrected chi connectivity index (χ0v) is 11.8. The fourth-order valence-corrected chi connectivity index (χ4v) is 2.62. The highest BCUT2D eigenvalue weighted by Crippen LogP contribution is 2.28. The maximum Gasteiger partial charge on any atom is 0.257 e. The van der Waals surface area contributed by atoms with Crippen LogP contribution in [0.1, 0.15) is 20.7 Å². The van der Waals surface area contributed by atoms with Gasteiger partial charge in [-0.15, -0.1) is 11.3 Å². The van der Waals surface area contributed by atoms with Crippen LogP contribution in [0.5, 0.6) is 0 Å². The monoisotopic (exact) mass is 314 g/mol. The fraction of sp³-hybridized carbons (Fsp3) is 0. The van der Waals surface area contributed by atoms with E-state index in [2.05, 4.69) is 5.32 Å². The third kappa shape index (κ3) is 2.89. The summed E-state index contributed by atoms with van der Waals surface area (Å²) in [5, 5.41) is 5.09. The molecule has 4 nitrogen and oxygen atoms in total. The number of benzene rings is 1. The summed E-state index contributed by atoms with van der Waals surface area (Å²) in [7, 11) is 0. The first kappa shape index (κ1) is 13.9. The van der Waals surface area contributed by atoms with Crippen molar-refractivity contribution in [3.8, 4) is 0 Å². The number of hydrogen-bond donors (Lipinski definition) is 2. The molecular weight excluding hydrogens is 307 g/mol. The largest absolute Gasteiger partial charge is 0.366 e. The lowest BCUT2D eigenvalue weighted by atomic mass is 10.2. The number of rotatable bonds is 3. The number of nitrogens with one attached hydrogen (secondary N) is 1. The molecule has 0 unspecified atom stereocenters. The van der Waals surface area contributed by atoms with E-state index < -0.39 is 11.8 Å². The normalized spacial score (nSPS) is 10.2. The highest BCUT2D eigenvalue weighted by Gasteiger charge is 2.16. The summed E-state index contributed by atoms with van der Waals surface area (Å²) >= 11 is 13.0. The number of hydrogen-bond acceptors (Lipinski definition) is 3. The highest BCUT2D eigenvalue weighted by molar-refractivity contribution is 7.14. The van der Waals surface area contributed by atoms with Gasteiger partial charge in [0.15, 0.2) is 0 Å². The molecule has 0 fully saturated rings. The second kappa shape index (κ2) is 5.61. The molecule has 98 valence electrons. The fourth-order valence-electron chi connectivity index (χ4n) is 1.45. The predicted octanol–water partition coefficient (Wildman–Crippen LogP) is 3.41. The minimum atomic E-state index is -0.603. The van der Waals surface area contributed by atoms with Crippen molar-refractivity contribution in [3.63, 3.8) is 0 Å². The van der Waals surface area contributed by atoms with Crippen LogP contribution in [0.25, 0.3) is 0 Å². The summed E-state index contributed by atoms with van der Waals surface area (Å²) in [6.07, 6.45) is 0. The van der Waals surface area contributed by atoms with Crippen molar-refractivity contribution in [3.05, 3.63) is 50.8 Å². The first-order chi connectivity index (χ1) is 9.00. The number of halogens is 2. The van der Waals surface area contributed by atoms with Crippen LogP contribution in [0.4, 0.5) is 5.00 Å². The van der Waals surface area contributed by atoms with Gasteiger partial charge < -0.3 is 11.1 Å². The molecule has 1 aromatic heterocycles. The maximum absolute atomic E-state index is 12.1. The number of amides is 2. The van der Waals surface area contributed by atoms with Crippen LogP contribution in [0.15, 0.2) is 29.6 Å². The van der Waals surface area contributed by atoms with Crippen molar-refractivity contribution in [2.75, 3.05) is 5.32 Å². The van der Waals surface area contributed by atoms with Crippen LogP contribution in [0.2, 0.25) is 10.0 Å². The summed E-state index contributed by atoms with van der Waals surface area (Å²) in [4.78, 5) is 23.2. The van der Waals surface area contributed by atoms with Crippen LogP contribution in [-0.4, -0.2) is 11.8 Å². The molecule has 2 amide bonds. The minimum absolute atomic E-state index is 0.166. The zero-order chi connectivity index (χ0) is 14.0. The van der Waals surface area contributed by atoms with Crippen LogP contribution in [0, 0.1) is 0 Å². The number of nitrogens with two attached hydrogens (primary N) is 1. The Labute approximate surface area is 123 Å². The molecule has 0 saturated heterocycles. The van der Waals surface area contributed by atoms with Gasteiger partial charge in [-0.1, -0.05) is 29.3 Å². The van der Waals surface area contributed by atoms with Gasteiger partial charge in [-0.25, -0.2) is 0 Å². The van der Waals surface area contributed by atoms with E-state index in [4.69, 9.17) is 28.9 Å². The summed E-state index contributed by atoms with van der Waals surface area (Å²) in [6, 6.07) is 6.29. The SMILES string of the molecule is NC(=O)c1ccsc1NC(=O)c1cccc(Cl)c1Cl. The number of carbonyl (C=O) groups excluding carboxylic acids is 2. The van der Waals surface area contributed by atoms with Gasteiger partial charge in [-0.3, -0.25) is 9.59 Å². The Hall–Kier alpha value is -1.56. The molecule has 0 aliphatic carbocycles. The van der Waals surface area contributed by atoms with Gasteiger partial charge in [0.25, 0.3) is 11.8 Å². The third-order valence-electron chi connectivity index (χ3n) is 2.35. The standard InChI is InChI=1S/C12H8Cl2N2O2S/c13-8-3-1-2-6(9(8)14)11(18)16-12-7(10(15)17)4-5-19-12/h1-5H,(H2,15,17)(H,16,18). The molecule has 0 spiro atoms. The van der Waals surface area contributed by atoms with Crippen molar-refractivity contribution < 1.29 is 9.59 Å². The van der Waals surface area contributed by atoms with Crippen molar-refractivity contribution in [1.82, 2.24) is 0 Å². The molecule has 0 aliphatic rings. The Morgan fingerprint density at radius 2 is 1.89 bits per heavy atom. The quantitative estimate of drug-likeness (QED) is 0.911. The maximum atomic E-state index is 12.1. The third-order valence-corrected chi connectivity index (χ3v) is 4.00. The van der Waals surface area contributed by atoms with Gasteiger partial charge in [-0.05, 0) is 23.6 Å². The van der Waals surface area contributed by atoms with Gasteiger partial charge in [0.05, 0.1) is 21.2 Å². The van der Waals surface area contributed by atoms with Crippen molar-refractivity contribution in [1.29, 1.82) is 0 Å². The molecule has 2 aromatic rings. The summed E-state index contributed by atoms with van der Waals surface area (Å²) in [5.74, 6) is -1.05. The van der Waals surface area contributed by atoms with E-state index in [-0.39, 0.29) is 21.2 Å². The summed E-state index contributed by atoms with van der Waals surface area (Å²) in [5.41, 5.74) is 5.69. The number of carbonyl (C=O) groups is 2. The first-order valence-corrected chi connectivity index (χ1v) is 6.77. The Balaban J connectivity index is 2.29. The average Bonchev–Trinajstić information content (AvgIpc) is 2.80. The van der Waals surface area contributed by atoms with E-state index in [1.807, 2.05) is 0 Å². The molecular formula is C12H8Cl2N2O2S.